The molecule has 0 saturated heterocycles. The Hall–Kier alpha value is -0.870. The Labute approximate surface area is 94.6 Å². The lowest BCUT2D eigenvalue weighted by Crippen LogP contribution is -2.25. The zero-order chi connectivity index (χ0) is 10.6. The van der Waals surface area contributed by atoms with Gasteiger partial charge >= 0.3 is 0 Å². The van der Waals surface area contributed by atoms with Crippen molar-refractivity contribution in [1.82, 2.24) is 5.32 Å². The van der Waals surface area contributed by atoms with E-state index in [-0.39, 0.29) is 12.5 Å². The van der Waals surface area contributed by atoms with Crippen LogP contribution in [0.4, 0.5) is 0 Å². The van der Waals surface area contributed by atoms with Crippen molar-refractivity contribution in [3.05, 3.63) is 33.3 Å². The number of hydrogen-bond acceptors (Lipinski definition) is 2. The van der Waals surface area contributed by atoms with E-state index < -0.39 is 0 Å². The maximum Gasteiger partial charge on any atom is 0.253 e. The van der Waals surface area contributed by atoms with Crippen molar-refractivity contribution in [2.75, 3.05) is 6.54 Å². The topological polar surface area (TPSA) is 46.2 Å². The molecule has 0 fully saturated rings. The van der Waals surface area contributed by atoms with E-state index in [1.165, 1.54) is 0 Å². The molecule has 0 atom stereocenters. The summed E-state index contributed by atoms with van der Waals surface area (Å²) in [5.74, 6) is -0.358. The highest BCUT2D eigenvalue weighted by Gasteiger charge is 2.09. The number of carbonyl (C=O) groups excluding carboxylic acids is 2. The number of halogens is 2. The molecule has 0 heterocycles. The lowest BCUT2D eigenvalue weighted by Gasteiger charge is -2.03. The molecule has 0 spiro atoms. The molecule has 3 nitrogen and oxygen atoms in total. The minimum absolute atomic E-state index is 0.0122. The van der Waals surface area contributed by atoms with E-state index in [0.29, 0.717) is 16.9 Å². The van der Waals surface area contributed by atoms with Crippen LogP contribution >= 0.6 is 27.5 Å². The highest BCUT2D eigenvalue weighted by atomic mass is 79.9. The third-order valence-electron chi connectivity index (χ3n) is 1.52. The summed E-state index contributed by atoms with van der Waals surface area (Å²) in [6.07, 6.45) is 0.615. The van der Waals surface area contributed by atoms with Crippen LogP contribution in [-0.4, -0.2) is 18.7 Å². The lowest BCUT2D eigenvalue weighted by atomic mass is 10.2. The van der Waals surface area contributed by atoms with E-state index in [4.69, 9.17) is 11.6 Å². The van der Waals surface area contributed by atoms with Gasteiger partial charge in [0.1, 0.15) is 6.29 Å². The number of rotatable bonds is 3. The fourth-order valence-electron chi connectivity index (χ4n) is 0.901. The van der Waals surface area contributed by atoms with Gasteiger partial charge in [0, 0.05) is 4.47 Å². The molecule has 0 aliphatic carbocycles. The van der Waals surface area contributed by atoms with Crippen LogP contribution in [0, 0.1) is 0 Å². The first-order chi connectivity index (χ1) is 6.65. The van der Waals surface area contributed by atoms with Crippen molar-refractivity contribution in [2.24, 2.45) is 0 Å². The third kappa shape index (κ3) is 2.82. The molecule has 1 rings (SSSR count). The van der Waals surface area contributed by atoms with Crippen LogP contribution < -0.4 is 5.32 Å². The van der Waals surface area contributed by atoms with Gasteiger partial charge in [0.05, 0.1) is 17.1 Å². The van der Waals surface area contributed by atoms with Crippen molar-refractivity contribution in [1.29, 1.82) is 0 Å². The van der Waals surface area contributed by atoms with Gasteiger partial charge in [-0.3, -0.25) is 4.79 Å². The molecular weight excluding hydrogens is 269 g/mol. The van der Waals surface area contributed by atoms with Gasteiger partial charge in [0.15, 0.2) is 0 Å². The molecule has 1 N–H and O–H groups in total. The van der Waals surface area contributed by atoms with Crippen LogP contribution in [0.1, 0.15) is 10.4 Å². The van der Waals surface area contributed by atoms with Gasteiger partial charge in [-0.15, -0.1) is 0 Å². The quantitative estimate of drug-likeness (QED) is 0.859. The molecule has 1 amide bonds. The average Bonchev–Trinajstić information content (AvgIpc) is 2.18. The summed E-state index contributed by atoms with van der Waals surface area (Å²) in [5, 5.41) is 2.76. The van der Waals surface area contributed by atoms with Gasteiger partial charge in [-0.25, -0.2) is 0 Å². The van der Waals surface area contributed by atoms with E-state index >= 15 is 0 Å². The zero-order valence-electron chi connectivity index (χ0n) is 7.09. The molecule has 0 bridgehead atoms. The van der Waals surface area contributed by atoms with Crippen LogP contribution in [0.2, 0.25) is 5.02 Å². The lowest BCUT2D eigenvalue weighted by molar-refractivity contribution is -0.107. The van der Waals surface area contributed by atoms with Gasteiger partial charge in [-0.1, -0.05) is 27.5 Å². The Morgan fingerprint density at radius 3 is 2.93 bits per heavy atom. The second-order valence-corrected chi connectivity index (χ2v) is 3.82. The molecule has 1 aromatic rings. The minimum Gasteiger partial charge on any atom is -0.345 e. The average molecular weight is 277 g/mol. The maximum atomic E-state index is 11.4. The molecule has 1 aromatic carbocycles. The zero-order valence-corrected chi connectivity index (χ0v) is 9.43. The first-order valence-corrected chi connectivity index (χ1v) is 4.99. The Kier molecular flexibility index (Phi) is 4.10. The van der Waals surface area contributed by atoms with E-state index in [9.17, 15) is 9.59 Å². The molecule has 0 aromatic heterocycles. The van der Waals surface area contributed by atoms with Crippen molar-refractivity contribution < 1.29 is 9.59 Å². The largest absolute Gasteiger partial charge is 0.345 e. The van der Waals surface area contributed by atoms with Crippen molar-refractivity contribution >= 4 is 39.7 Å². The fourth-order valence-corrected chi connectivity index (χ4v) is 1.47. The van der Waals surface area contributed by atoms with Crippen LogP contribution in [-0.2, 0) is 4.79 Å². The molecule has 0 saturated carbocycles. The SMILES string of the molecule is O=CCNC(=O)c1cc(Br)ccc1Cl. The predicted molar refractivity (Wildman–Crippen MR) is 57.5 cm³/mol. The molecule has 0 unspecified atom stereocenters. The minimum atomic E-state index is -0.358. The van der Waals surface area contributed by atoms with Crippen molar-refractivity contribution in [2.45, 2.75) is 0 Å². The van der Waals surface area contributed by atoms with Gasteiger partial charge < -0.3 is 10.1 Å². The molecule has 5 heteroatoms. The molecule has 0 aliphatic heterocycles. The van der Waals surface area contributed by atoms with Crippen LogP contribution in [0.25, 0.3) is 0 Å². The Morgan fingerprint density at radius 1 is 1.57 bits per heavy atom. The number of carbonyl (C=O) groups is 2. The van der Waals surface area contributed by atoms with E-state index in [1.54, 1.807) is 18.2 Å². The Morgan fingerprint density at radius 2 is 2.29 bits per heavy atom. The predicted octanol–water partition coefficient (Wildman–Crippen LogP) is 2.03. The van der Waals surface area contributed by atoms with Gasteiger partial charge in [-0.05, 0) is 18.2 Å². The Bertz CT molecular complexity index is 368. The maximum absolute atomic E-state index is 11.4. The normalized spacial score (nSPS) is 9.57. The van der Waals surface area contributed by atoms with Crippen LogP contribution in [0.3, 0.4) is 0 Å². The molecule has 0 radical (unpaired) electrons. The third-order valence-corrected chi connectivity index (χ3v) is 2.34. The second-order valence-electron chi connectivity index (χ2n) is 2.50. The van der Waals surface area contributed by atoms with E-state index in [1.807, 2.05) is 0 Å². The summed E-state index contributed by atoms with van der Waals surface area (Å²) in [6.45, 7) is -0.0122. The molecular formula is C9H7BrClNO2. The standard InChI is InChI=1S/C9H7BrClNO2/c10-6-1-2-8(11)7(5-6)9(14)12-3-4-13/h1-2,4-5H,3H2,(H,12,14). The summed E-state index contributed by atoms with van der Waals surface area (Å²) >= 11 is 9.02. The van der Waals surface area contributed by atoms with Gasteiger partial charge in [0.25, 0.3) is 5.91 Å². The number of hydrogen-bond donors (Lipinski definition) is 1. The highest BCUT2D eigenvalue weighted by Crippen LogP contribution is 2.20. The number of nitrogens with one attached hydrogen (secondary N) is 1. The summed E-state index contributed by atoms with van der Waals surface area (Å²) in [7, 11) is 0. The van der Waals surface area contributed by atoms with Gasteiger partial charge in [-0.2, -0.15) is 0 Å². The first kappa shape index (κ1) is 11.2. The first-order valence-electron chi connectivity index (χ1n) is 3.82. The summed E-state index contributed by atoms with van der Waals surface area (Å²) in [5.41, 5.74) is 0.350. The van der Waals surface area contributed by atoms with Crippen molar-refractivity contribution in [3.8, 4) is 0 Å². The molecule has 74 valence electrons. The smallest absolute Gasteiger partial charge is 0.253 e. The van der Waals surface area contributed by atoms with Gasteiger partial charge in [0.2, 0.25) is 0 Å². The molecule has 0 aliphatic rings. The van der Waals surface area contributed by atoms with Crippen molar-refractivity contribution in [3.63, 3.8) is 0 Å². The summed E-state index contributed by atoms with van der Waals surface area (Å²) in [4.78, 5) is 21.4. The summed E-state index contributed by atoms with van der Waals surface area (Å²) in [6, 6.07) is 4.95. The van der Waals surface area contributed by atoms with Crippen LogP contribution in [0.5, 0.6) is 0 Å². The van der Waals surface area contributed by atoms with E-state index in [2.05, 4.69) is 21.2 Å². The number of amides is 1. The Balaban J connectivity index is 2.88. The second kappa shape index (κ2) is 5.12. The number of benzene rings is 1. The number of aldehydes is 1. The summed E-state index contributed by atoms with van der Waals surface area (Å²) < 4.78 is 0.762. The molecule has 14 heavy (non-hydrogen) atoms. The van der Waals surface area contributed by atoms with Crippen LogP contribution in [0.15, 0.2) is 22.7 Å². The fraction of sp³-hybridized carbons (Fsp3) is 0.111. The highest BCUT2D eigenvalue weighted by molar-refractivity contribution is 9.10. The monoisotopic (exact) mass is 275 g/mol. The van der Waals surface area contributed by atoms with E-state index in [0.717, 1.165) is 4.47 Å².